The summed E-state index contributed by atoms with van der Waals surface area (Å²) in [6, 6.07) is 21.3. The number of nitrogens with zero attached hydrogens (tertiary/aromatic N) is 1. The van der Waals surface area contributed by atoms with Gasteiger partial charge in [0.2, 0.25) is 10.0 Å². The third-order valence-corrected chi connectivity index (χ3v) is 7.93. The van der Waals surface area contributed by atoms with Gasteiger partial charge in [-0.05, 0) is 53.6 Å². The number of fused-ring (bicyclic) bond motifs is 1. The second-order valence-corrected chi connectivity index (χ2v) is 9.91. The summed E-state index contributed by atoms with van der Waals surface area (Å²) < 4.78 is 46.8. The van der Waals surface area contributed by atoms with E-state index in [0.717, 1.165) is 22.4 Å². The van der Waals surface area contributed by atoms with E-state index in [4.69, 9.17) is 4.74 Å². The molecule has 158 valence electrons. The van der Waals surface area contributed by atoms with E-state index in [1.165, 1.54) is 28.6 Å². The maximum atomic E-state index is 13.2. The van der Waals surface area contributed by atoms with Gasteiger partial charge in [0, 0.05) is 31.5 Å². The smallest absolute Gasteiger partial charge is 0.243 e. The minimum atomic E-state index is -3.64. The van der Waals surface area contributed by atoms with Gasteiger partial charge >= 0.3 is 0 Å². The lowest BCUT2D eigenvalue weighted by atomic mass is 9.88. The lowest BCUT2D eigenvalue weighted by Crippen LogP contribution is -2.49. The molecule has 0 unspecified atom stereocenters. The molecule has 2 aliphatic heterocycles. The maximum Gasteiger partial charge on any atom is 0.243 e. The van der Waals surface area contributed by atoms with Crippen molar-refractivity contribution in [1.82, 2.24) is 4.31 Å². The topological polar surface area (TPSA) is 46.6 Å². The highest BCUT2D eigenvalue weighted by molar-refractivity contribution is 7.89. The summed E-state index contributed by atoms with van der Waals surface area (Å²) in [6.45, 7) is 0.697. The van der Waals surface area contributed by atoms with Gasteiger partial charge in [-0.15, -0.1) is 0 Å². The fourth-order valence-electron chi connectivity index (χ4n) is 4.21. The Kier molecular flexibility index (Phi) is 4.91. The van der Waals surface area contributed by atoms with Crippen molar-refractivity contribution in [2.75, 3.05) is 13.1 Å². The minimum absolute atomic E-state index is 0.115. The summed E-state index contributed by atoms with van der Waals surface area (Å²) in [5, 5.41) is 0. The zero-order chi connectivity index (χ0) is 21.5. The number of piperidine rings is 1. The fraction of sp³-hybridized carbons (Fsp3) is 0.200. The molecule has 0 aliphatic carbocycles. The number of hydrogen-bond acceptors (Lipinski definition) is 3. The summed E-state index contributed by atoms with van der Waals surface area (Å²) in [6.07, 6.45) is 5.26. The Morgan fingerprint density at radius 1 is 0.871 bits per heavy atom. The highest BCUT2D eigenvalue weighted by Crippen LogP contribution is 2.39. The van der Waals surface area contributed by atoms with Crippen LogP contribution >= 0.6 is 0 Å². The van der Waals surface area contributed by atoms with Crippen molar-refractivity contribution in [3.8, 4) is 16.9 Å². The van der Waals surface area contributed by atoms with Crippen molar-refractivity contribution >= 4 is 16.1 Å². The van der Waals surface area contributed by atoms with Gasteiger partial charge in [0.1, 0.15) is 17.2 Å². The zero-order valence-electron chi connectivity index (χ0n) is 16.9. The van der Waals surface area contributed by atoms with E-state index in [2.05, 4.69) is 36.4 Å². The number of hydrogen-bond donors (Lipinski definition) is 0. The molecule has 31 heavy (non-hydrogen) atoms. The zero-order valence-corrected chi connectivity index (χ0v) is 17.7. The Hall–Kier alpha value is -2.96. The van der Waals surface area contributed by atoms with Gasteiger partial charge < -0.3 is 4.74 Å². The molecular weight excluding hydrogens is 413 g/mol. The van der Waals surface area contributed by atoms with Crippen LogP contribution in [0.3, 0.4) is 0 Å². The van der Waals surface area contributed by atoms with E-state index in [9.17, 15) is 12.8 Å². The third kappa shape index (κ3) is 3.77. The number of rotatable bonds is 3. The van der Waals surface area contributed by atoms with Gasteiger partial charge in [-0.1, -0.05) is 42.5 Å². The maximum absolute atomic E-state index is 13.2. The molecule has 1 saturated heterocycles. The quantitative estimate of drug-likeness (QED) is 0.574. The van der Waals surface area contributed by atoms with Gasteiger partial charge in [0.15, 0.2) is 0 Å². The summed E-state index contributed by atoms with van der Waals surface area (Å²) in [5.41, 5.74) is 2.80. The van der Waals surface area contributed by atoms with Gasteiger partial charge in [-0.3, -0.25) is 0 Å². The van der Waals surface area contributed by atoms with Crippen molar-refractivity contribution in [3.05, 3.63) is 90.3 Å². The fourth-order valence-corrected chi connectivity index (χ4v) is 5.65. The lowest BCUT2D eigenvalue weighted by molar-refractivity contribution is 0.0620. The Balaban J connectivity index is 1.32. The van der Waals surface area contributed by atoms with E-state index in [1.807, 2.05) is 24.3 Å². The van der Waals surface area contributed by atoms with Crippen LogP contribution in [0.5, 0.6) is 5.75 Å². The van der Waals surface area contributed by atoms with Gasteiger partial charge in [-0.25, -0.2) is 12.8 Å². The lowest BCUT2D eigenvalue weighted by Gasteiger charge is -2.41. The molecule has 0 saturated carbocycles. The Bertz CT molecular complexity index is 1230. The van der Waals surface area contributed by atoms with Crippen molar-refractivity contribution in [3.63, 3.8) is 0 Å². The molecule has 6 heteroatoms. The first-order chi connectivity index (χ1) is 15.0. The van der Waals surface area contributed by atoms with Crippen LogP contribution < -0.4 is 4.74 Å². The minimum Gasteiger partial charge on any atom is -0.482 e. The van der Waals surface area contributed by atoms with Crippen LogP contribution in [0.2, 0.25) is 0 Å². The first-order valence-electron chi connectivity index (χ1n) is 10.3. The molecule has 4 nitrogen and oxygen atoms in total. The van der Waals surface area contributed by atoms with E-state index < -0.39 is 21.4 Å². The molecule has 0 N–H and O–H groups in total. The number of benzene rings is 3. The largest absolute Gasteiger partial charge is 0.482 e. The standard InChI is InChI=1S/C25H22FNO3S/c26-22-7-9-23(10-8-22)31(28,29)27-16-14-25(15-17-27)13-12-21-18-20(6-11-24(21)30-25)19-4-2-1-3-5-19/h1-13,18H,14-17H2. The van der Waals surface area contributed by atoms with Crippen molar-refractivity contribution in [1.29, 1.82) is 0 Å². The Labute approximate surface area is 181 Å². The molecule has 3 aromatic rings. The normalized spacial score (nSPS) is 17.8. The molecule has 0 radical (unpaired) electrons. The van der Waals surface area contributed by atoms with Crippen molar-refractivity contribution < 1.29 is 17.5 Å². The van der Waals surface area contributed by atoms with Crippen LogP contribution in [0.4, 0.5) is 4.39 Å². The number of ether oxygens (including phenoxy) is 1. The van der Waals surface area contributed by atoms with Gasteiger partial charge in [-0.2, -0.15) is 4.31 Å². The van der Waals surface area contributed by atoms with E-state index >= 15 is 0 Å². The van der Waals surface area contributed by atoms with E-state index in [1.54, 1.807) is 0 Å². The summed E-state index contributed by atoms with van der Waals surface area (Å²) >= 11 is 0. The van der Waals surface area contributed by atoms with Crippen LogP contribution in [0.1, 0.15) is 18.4 Å². The summed E-state index contributed by atoms with van der Waals surface area (Å²) in [5.74, 6) is 0.364. The van der Waals surface area contributed by atoms with Crippen LogP contribution in [-0.4, -0.2) is 31.4 Å². The van der Waals surface area contributed by atoms with E-state index in [0.29, 0.717) is 25.9 Å². The highest BCUT2D eigenvalue weighted by atomic mass is 32.2. The first kappa shape index (κ1) is 20.0. The molecule has 5 rings (SSSR count). The average molecular weight is 436 g/mol. The highest BCUT2D eigenvalue weighted by Gasteiger charge is 2.40. The van der Waals surface area contributed by atoms with Gasteiger partial charge in [0.25, 0.3) is 0 Å². The van der Waals surface area contributed by atoms with Crippen molar-refractivity contribution in [2.24, 2.45) is 0 Å². The predicted molar refractivity (Wildman–Crippen MR) is 119 cm³/mol. The molecule has 3 aromatic carbocycles. The third-order valence-electron chi connectivity index (χ3n) is 6.02. The predicted octanol–water partition coefficient (Wildman–Crippen LogP) is 5.12. The molecule has 1 spiro atoms. The Morgan fingerprint density at radius 3 is 2.29 bits per heavy atom. The molecule has 0 atom stereocenters. The summed E-state index contributed by atoms with van der Waals surface area (Å²) in [4.78, 5) is 0.115. The Morgan fingerprint density at radius 2 is 1.58 bits per heavy atom. The molecule has 0 aromatic heterocycles. The molecular formula is C25H22FNO3S. The molecule has 2 heterocycles. The molecule has 0 bridgehead atoms. The average Bonchev–Trinajstić information content (AvgIpc) is 2.80. The SMILES string of the molecule is O=S(=O)(c1ccc(F)cc1)N1CCC2(C=Cc3cc(-c4ccccc4)ccc3O2)CC1. The summed E-state index contributed by atoms with van der Waals surface area (Å²) in [7, 11) is -3.64. The molecule has 0 amide bonds. The molecule has 1 fully saturated rings. The number of halogens is 1. The monoisotopic (exact) mass is 435 g/mol. The number of sulfonamides is 1. The van der Waals surface area contributed by atoms with Crippen LogP contribution in [0.25, 0.3) is 17.2 Å². The second kappa shape index (κ2) is 7.62. The van der Waals surface area contributed by atoms with Gasteiger partial charge in [0.05, 0.1) is 4.90 Å². The van der Waals surface area contributed by atoms with Crippen LogP contribution in [0, 0.1) is 5.82 Å². The van der Waals surface area contributed by atoms with E-state index in [-0.39, 0.29) is 4.90 Å². The van der Waals surface area contributed by atoms with Crippen LogP contribution in [0.15, 0.2) is 83.8 Å². The van der Waals surface area contributed by atoms with Crippen LogP contribution in [-0.2, 0) is 10.0 Å². The molecule has 2 aliphatic rings. The second-order valence-electron chi connectivity index (χ2n) is 7.98. The first-order valence-corrected chi connectivity index (χ1v) is 11.7. The van der Waals surface area contributed by atoms with Crippen molar-refractivity contribution in [2.45, 2.75) is 23.3 Å².